The maximum absolute atomic E-state index is 12.4. The second-order valence-corrected chi connectivity index (χ2v) is 7.32. The van der Waals surface area contributed by atoms with E-state index in [1.807, 2.05) is 24.3 Å². The van der Waals surface area contributed by atoms with Gasteiger partial charge in [-0.3, -0.25) is 4.79 Å². The van der Waals surface area contributed by atoms with Crippen molar-refractivity contribution in [3.8, 4) is 16.2 Å². The Hall–Kier alpha value is -2.34. The van der Waals surface area contributed by atoms with Crippen molar-refractivity contribution < 1.29 is 19.1 Å². The molecule has 1 amide bonds. The number of amides is 1. The molecule has 0 saturated carbocycles. The molecule has 0 radical (unpaired) electrons. The van der Waals surface area contributed by atoms with Crippen molar-refractivity contribution in [3.05, 3.63) is 40.3 Å². The maximum atomic E-state index is 12.4. The minimum atomic E-state index is -0.793. The van der Waals surface area contributed by atoms with Crippen LogP contribution in [-0.2, 0) is 22.4 Å². The van der Waals surface area contributed by atoms with Crippen molar-refractivity contribution in [3.63, 3.8) is 0 Å². The summed E-state index contributed by atoms with van der Waals surface area (Å²) in [6.45, 7) is 1.59. The molecule has 1 aliphatic rings. The van der Waals surface area contributed by atoms with Crippen LogP contribution in [-0.4, -0.2) is 44.1 Å². The molecule has 1 heterocycles. The third kappa shape index (κ3) is 3.39. The van der Waals surface area contributed by atoms with Crippen LogP contribution in [0.5, 0.6) is 5.75 Å². The van der Waals surface area contributed by atoms with E-state index in [4.69, 9.17) is 9.47 Å². The normalized spacial score (nSPS) is 13.4. The second-order valence-electron chi connectivity index (χ2n) is 6.27. The van der Waals surface area contributed by atoms with E-state index in [0.29, 0.717) is 4.88 Å². The number of ether oxygens (including phenoxy) is 2. The molecule has 2 aromatic rings. The summed E-state index contributed by atoms with van der Waals surface area (Å²) in [5.74, 6) is 0.165. The lowest BCUT2D eigenvalue weighted by molar-refractivity contribution is -0.137. The average molecular weight is 359 g/mol. The molecule has 3 rings (SSSR count). The highest BCUT2D eigenvalue weighted by Gasteiger charge is 2.25. The summed E-state index contributed by atoms with van der Waals surface area (Å²) in [4.78, 5) is 27.3. The summed E-state index contributed by atoms with van der Waals surface area (Å²) >= 11 is 1.42. The van der Waals surface area contributed by atoms with Gasteiger partial charge in [-0.1, -0.05) is 0 Å². The number of esters is 1. The van der Waals surface area contributed by atoms with E-state index in [-0.39, 0.29) is 5.91 Å². The van der Waals surface area contributed by atoms with Crippen LogP contribution in [0.4, 0.5) is 0 Å². The Bertz CT molecular complexity index is 825. The van der Waals surface area contributed by atoms with Crippen molar-refractivity contribution in [1.82, 2.24) is 4.90 Å². The first-order valence-corrected chi connectivity index (χ1v) is 8.94. The molecule has 0 spiro atoms. The minimum Gasteiger partial charge on any atom is -0.497 e. The van der Waals surface area contributed by atoms with Gasteiger partial charge in [-0.25, -0.2) is 4.79 Å². The molecule has 132 valence electrons. The van der Waals surface area contributed by atoms with Crippen molar-refractivity contribution >= 4 is 23.2 Å². The van der Waals surface area contributed by atoms with Crippen LogP contribution in [0.15, 0.2) is 24.3 Å². The quantitative estimate of drug-likeness (QED) is 0.787. The topological polar surface area (TPSA) is 55.8 Å². The highest BCUT2D eigenvalue weighted by atomic mass is 32.1. The van der Waals surface area contributed by atoms with Gasteiger partial charge in [0.2, 0.25) is 0 Å². The molecule has 6 heteroatoms. The molecule has 1 atom stereocenters. The Morgan fingerprint density at radius 2 is 1.88 bits per heavy atom. The van der Waals surface area contributed by atoms with Crippen LogP contribution in [0.3, 0.4) is 0 Å². The Balaban J connectivity index is 1.84. The molecule has 25 heavy (non-hydrogen) atoms. The Labute approximate surface area is 151 Å². The van der Waals surface area contributed by atoms with E-state index in [0.717, 1.165) is 34.6 Å². The van der Waals surface area contributed by atoms with Gasteiger partial charge in [0.15, 0.2) is 6.10 Å². The van der Waals surface area contributed by atoms with Crippen LogP contribution >= 0.6 is 11.3 Å². The number of rotatable bonds is 4. The van der Waals surface area contributed by atoms with Crippen LogP contribution in [0.25, 0.3) is 10.4 Å². The summed E-state index contributed by atoms with van der Waals surface area (Å²) in [6.07, 6.45) is 1.00. The predicted molar refractivity (Wildman–Crippen MR) is 97.3 cm³/mol. The molecule has 0 N–H and O–H groups in total. The van der Waals surface area contributed by atoms with Crippen molar-refractivity contribution in [2.24, 2.45) is 0 Å². The summed E-state index contributed by atoms with van der Waals surface area (Å²) < 4.78 is 10.6. The third-order valence-electron chi connectivity index (χ3n) is 4.30. The Morgan fingerprint density at radius 3 is 2.56 bits per heavy atom. The Kier molecular flexibility index (Phi) is 4.81. The highest BCUT2D eigenvalue weighted by molar-refractivity contribution is 7.17. The fraction of sp³-hybridized carbons (Fsp3) is 0.368. The molecule has 5 nitrogen and oxygen atoms in total. The van der Waals surface area contributed by atoms with E-state index in [2.05, 4.69) is 0 Å². The number of carbonyl (C=O) groups excluding carboxylic acids is 2. The zero-order valence-electron chi connectivity index (χ0n) is 14.8. The lowest BCUT2D eigenvalue weighted by Crippen LogP contribution is -2.34. The van der Waals surface area contributed by atoms with Crippen molar-refractivity contribution in [1.29, 1.82) is 0 Å². The fourth-order valence-corrected chi connectivity index (χ4v) is 4.12. The smallest absolute Gasteiger partial charge is 0.349 e. The molecule has 0 saturated heterocycles. The second kappa shape index (κ2) is 6.88. The highest BCUT2D eigenvalue weighted by Crippen LogP contribution is 2.41. The molecular formula is C19H21NO4S. The van der Waals surface area contributed by atoms with Crippen molar-refractivity contribution in [2.45, 2.75) is 25.9 Å². The largest absolute Gasteiger partial charge is 0.497 e. The molecule has 1 aliphatic carbocycles. The zero-order chi connectivity index (χ0) is 18.1. The van der Waals surface area contributed by atoms with Crippen molar-refractivity contribution in [2.75, 3.05) is 21.2 Å². The summed E-state index contributed by atoms with van der Waals surface area (Å²) in [5.41, 5.74) is 3.52. The van der Waals surface area contributed by atoms with Gasteiger partial charge in [0.05, 0.1) is 7.11 Å². The molecule has 0 fully saturated rings. The van der Waals surface area contributed by atoms with E-state index in [1.54, 1.807) is 28.1 Å². The van der Waals surface area contributed by atoms with Gasteiger partial charge >= 0.3 is 5.97 Å². The SMILES string of the molecule is COc1ccc2c(c1)CCc1cc(C(=O)O[C@H](C)C(=O)N(C)C)sc1-2. The molecule has 0 aliphatic heterocycles. The number of benzene rings is 1. The number of aryl methyl sites for hydroxylation is 2. The third-order valence-corrected chi connectivity index (χ3v) is 5.49. The van der Waals surface area contributed by atoms with Crippen LogP contribution in [0, 0.1) is 0 Å². The minimum absolute atomic E-state index is 0.230. The van der Waals surface area contributed by atoms with E-state index < -0.39 is 12.1 Å². The lowest BCUT2D eigenvalue weighted by Gasteiger charge is -2.16. The number of nitrogens with zero attached hydrogens (tertiary/aromatic N) is 1. The first kappa shape index (κ1) is 17.5. The van der Waals surface area contributed by atoms with Gasteiger partial charge in [-0.2, -0.15) is 0 Å². The van der Waals surface area contributed by atoms with Gasteiger partial charge in [-0.05, 0) is 60.7 Å². The molecule has 0 bridgehead atoms. The first-order valence-electron chi connectivity index (χ1n) is 8.13. The number of likely N-dealkylation sites (N-methyl/N-ethyl adjacent to an activating group) is 1. The standard InChI is InChI=1S/C19H21NO4S/c1-11(18(21)20(2)3)24-19(22)16-10-13-6-5-12-9-14(23-4)7-8-15(12)17(13)25-16/h7-11H,5-6H2,1-4H3/t11-/m1/s1. The maximum Gasteiger partial charge on any atom is 0.349 e. The number of hydrogen-bond donors (Lipinski definition) is 0. The van der Waals surface area contributed by atoms with E-state index in [9.17, 15) is 9.59 Å². The monoisotopic (exact) mass is 359 g/mol. The molecular weight excluding hydrogens is 338 g/mol. The summed E-state index contributed by atoms with van der Waals surface area (Å²) in [6, 6.07) is 7.91. The number of methoxy groups -OCH3 is 1. The van der Waals surface area contributed by atoms with Gasteiger partial charge < -0.3 is 14.4 Å². The van der Waals surface area contributed by atoms with Crippen LogP contribution < -0.4 is 4.74 Å². The van der Waals surface area contributed by atoms with Crippen LogP contribution in [0.1, 0.15) is 27.7 Å². The summed E-state index contributed by atoms with van der Waals surface area (Å²) in [5, 5.41) is 0. The van der Waals surface area contributed by atoms with Gasteiger partial charge in [0, 0.05) is 19.0 Å². The summed E-state index contributed by atoms with van der Waals surface area (Å²) in [7, 11) is 4.94. The number of fused-ring (bicyclic) bond motifs is 3. The zero-order valence-corrected chi connectivity index (χ0v) is 15.6. The van der Waals surface area contributed by atoms with E-state index >= 15 is 0 Å². The fourth-order valence-electron chi connectivity index (χ4n) is 2.97. The Morgan fingerprint density at radius 1 is 1.16 bits per heavy atom. The lowest BCUT2D eigenvalue weighted by atomic mass is 9.91. The van der Waals surface area contributed by atoms with Gasteiger partial charge in [0.1, 0.15) is 10.6 Å². The molecule has 0 unspecified atom stereocenters. The van der Waals surface area contributed by atoms with E-state index in [1.165, 1.54) is 21.8 Å². The van der Waals surface area contributed by atoms with Crippen LogP contribution in [0.2, 0.25) is 0 Å². The average Bonchev–Trinajstić information content (AvgIpc) is 3.05. The first-order chi connectivity index (χ1) is 11.9. The van der Waals surface area contributed by atoms with Gasteiger partial charge in [-0.15, -0.1) is 11.3 Å². The predicted octanol–water partition coefficient (Wildman–Crippen LogP) is 3.16. The molecule has 1 aromatic carbocycles. The number of hydrogen-bond acceptors (Lipinski definition) is 5. The van der Waals surface area contributed by atoms with Gasteiger partial charge in [0.25, 0.3) is 5.91 Å². The number of carbonyl (C=O) groups is 2. The number of thiophene rings is 1. The molecule has 1 aromatic heterocycles.